The number of alkyl halides is 3. The Labute approximate surface area is 244 Å². The molecule has 4 aromatic rings. The first kappa shape index (κ1) is 31.1. The summed E-state index contributed by atoms with van der Waals surface area (Å²) in [5, 5.41) is 3.57. The van der Waals surface area contributed by atoms with Gasteiger partial charge in [0.1, 0.15) is 17.3 Å². The third kappa shape index (κ3) is 7.15. The number of hydrogen-bond acceptors (Lipinski definition) is 6. The van der Waals surface area contributed by atoms with Crippen LogP contribution < -0.4 is 21.1 Å². The molecule has 1 unspecified atom stereocenters. The molecular weight excluding hydrogens is 590 g/mol. The van der Waals surface area contributed by atoms with Gasteiger partial charge < -0.3 is 21.1 Å². The SMILES string of the molecule is C/C=C(C)\C=C/C(C)S(=O)(=O)n1c(N)nc2cc(Oc3ccc(NC(=O)Nc4cc(C(F)(F)F)ccc4F)cc3)ccc21. The number of amides is 2. The maximum Gasteiger partial charge on any atom is 0.416 e. The number of carbonyl (C=O) groups excluding carboxylic acids is 1. The van der Waals surface area contributed by atoms with E-state index in [-0.39, 0.29) is 22.7 Å². The van der Waals surface area contributed by atoms with E-state index in [2.05, 4.69) is 15.6 Å². The van der Waals surface area contributed by atoms with Gasteiger partial charge in [0.25, 0.3) is 0 Å². The van der Waals surface area contributed by atoms with Crippen molar-refractivity contribution in [3.05, 3.63) is 95.8 Å². The molecule has 4 rings (SSSR count). The molecule has 1 atom stereocenters. The van der Waals surface area contributed by atoms with E-state index in [0.29, 0.717) is 29.7 Å². The zero-order valence-corrected chi connectivity index (χ0v) is 23.9. The Morgan fingerprint density at radius 2 is 1.72 bits per heavy atom. The molecule has 14 heteroatoms. The van der Waals surface area contributed by atoms with Crippen molar-refractivity contribution >= 4 is 44.4 Å². The Kier molecular flexibility index (Phi) is 8.80. The van der Waals surface area contributed by atoms with Crippen molar-refractivity contribution in [3.63, 3.8) is 0 Å². The predicted molar refractivity (Wildman–Crippen MR) is 157 cm³/mol. The molecule has 0 saturated carbocycles. The van der Waals surface area contributed by atoms with Gasteiger partial charge in [-0.15, -0.1) is 0 Å². The number of fused-ring (bicyclic) bond motifs is 1. The van der Waals surface area contributed by atoms with E-state index in [0.717, 1.165) is 9.55 Å². The van der Waals surface area contributed by atoms with Crippen LogP contribution in [0.5, 0.6) is 11.5 Å². The van der Waals surface area contributed by atoms with Crippen LogP contribution in [0.15, 0.2) is 84.5 Å². The number of nitrogens with one attached hydrogen (secondary N) is 2. The molecule has 0 aliphatic heterocycles. The number of aromatic nitrogens is 2. The number of urea groups is 1. The molecule has 226 valence electrons. The summed E-state index contributed by atoms with van der Waals surface area (Å²) in [6.07, 6.45) is 0.435. The third-order valence-electron chi connectivity index (χ3n) is 6.31. The largest absolute Gasteiger partial charge is 0.457 e. The second-order valence-corrected chi connectivity index (χ2v) is 11.6. The first-order valence-corrected chi connectivity index (χ1v) is 14.3. The predicted octanol–water partition coefficient (Wildman–Crippen LogP) is 7.30. The van der Waals surface area contributed by atoms with Crippen molar-refractivity contribution in [1.29, 1.82) is 0 Å². The fourth-order valence-corrected chi connectivity index (χ4v) is 5.20. The molecule has 0 radical (unpaired) electrons. The number of benzene rings is 3. The number of rotatable bonds is 8. The molecule has 0 saturated heterocycles. The van der Waals surface area contributed by atoms with Crippen LogP contribution in [0, 0.1) is 5.82 Å². The number of nitrogen functional groups attached to an aromatic ring is 1. The molecule has 0 spiro atoms. The molecule has 1 aromatic heterocycles. The van der Waals surface area contributed by atoms with E-state index in [4.69, 9.17) is 10.5 Å². The average molecular weight is 618 g/mol. The van der Waals surface area contributed by atoms with Crippen LogP contribution in [-0.2, 0) is 16.2 Å². The first-order valence-electron chi connectivity index (χ1n) is 12.7. The summed E-state index contributed by atoms with van der Waals surface area (Å²) in [4.78, 5) is 16.4. The van der Waals surface area contributed by atoms with Crippen LogP contribution in [0.25, 0.3) is 11.0 Å². The lowest BCUT2D eigenvalue weighted by atomic mass is 10.2. The summed E-state index contributed by atoms with van der Waals surface area (Å²) in [6, 6.07) is 11.2. The van der Waals surface area contributed by atoms with Crippen molar-refractivity contribution < 1.29 is 35.5 Å². The number of allylic oxidation sites excluding steroid dienone is 3. The molecule has 2 amide bonds. The summed E-state index contributed by atoms with van der Waals surface area (Å²) < 4.78 is 85.9. The molecule has 0 aliphatic carbocycles. The summed E-state index contributed by atoms with van der Waals surface area (Å²) >= 11 is 0. The zero-order chi connectivity index (χ0) is 31.5. The Balaban J connectivity index is 1.45. The molecule has 9 nitrogen and oxygen atoms in total. The van der Waals surface area contributed by atoms with E-state index in [1.54, 1.807) is 25.1 Å². The number of hydrogen-bond donors (Lipinski definition) is 3. The van der Waals surface area contributed by atoms with Crippen LogP contribution in [-0.4, -0.2) is 28.7 Å². The van der Waals surface area contributed by atoms with Gasteiger partial charge in [0.15, 0.2) is 0 Å². The highest BCUT2D eigenvalue weighted by Crippen LogP contribution is 2.32. The molecule has 0 fully saturated rings. The number of nitrogens with two attached hydrogens (primary N) is 1. The molecular formula is C29H27F4N5O4S. The highest BCUT2D eigenvalue weighted by Gasteiger charge is 2.31. The second-order valence-electron chi connectivity index (χ2n) is 9.42. The Hall–Kier alpha value is -4.85. The molecule has 4 N–H and O–H groups in total. The van der Waals surface area contributed by atoms with Gasteiger partial charge >= 0.3 is 12.2 Å². The minimum atomic E-state index is -4.70. The lowest BCUT2D eigenvalue weighted by molar-refractivity contribution is -0.137. The summed E-state index contributed by atoms with van der Waals surface area (Å²) in [5.41, 5.74) is 5.96. The van der Waals surface area contributed by atoms with Gasteiger partial charge in [-0.1, -0.05) is 23.8 Å². The van der Waals surface area contributed by atoms with E-state index in [9.17, 15) is 30.8 Å². The van der Waals surface area contributed by atoms with Gasteiger partial charge in [0.2, 0.25) is 16.0 Å². The summed E-state index contributed by atoms with van der Waals surface area (Å²) in [7, 11) is -3.91. The number of nitrogens with zero attached hydrogens (tertiary/aromatic N) is 2. The van der Waals surface area contributed by atoms with Gasteiger partial charge in [0.05, 0.1) is 27.5 Å². The average Bonchev–Trinajstić information content (AvgIpc) is 3.28. The van der Waals surface area contributed by atoms with Crippen LogP contribution in [0.3, 0.4) is 0 Å². The summed E-state index contributed by atoms with van der Waals surface area (Å²) in [5.74, 6) is -0.565. The Bertz CT molecular complexity index is 1830. The number of imidazole rings is 1. The van der Waals surface area contributed by atoms with Gasteiger partial charge in [-0.3, -0.25) is 0 Å². The van der Waals surface area contributed by atoms with Crippen molar-refractivity contribution in [2.45, 2.75) is 32.2 Å². The maximum atomic E-state index is 13.9. The minimum Gasteiger partial charge on any atom is -0.457 e. The van der Waals surface area contributed by atoms with E-state index < -0.39 is 44.5 Å². The topological polar surface area (TPSA) is 128 Å². The third-order valence-corrected chi connectivity index (χ3v) is 8.30. The van der Waals surface area contributed by atoms with E-state index >= 15 is 0 Å². The van der Waals surface area contributed by atoms with E-state index in [1.807, 2.05) is 19.9 Å². The van der Waals surface area contributed by atoms with Crippen LogP contribution >= 0.6 is 0 Å². The molecule has 3 aromatic carbocycles. The van der Waals surface area contributed by atoms with Crippen molar-refractivity contribution in [2.24, 2.45) is 0 Å². The normalized spacial score (nSPS) is 13.3. The lowest BCUT2D eigenvalue weighted by Gasteiger charge is -2.13. The minimum absolute atomic E-state index is 0.200. The smallest absolute Gasteiger partial charge is 0.416 e. The molecule has 0 bridgehead atoms. The molecule has 43 heavy (non-hydrogen) atoms. The van der Waals surface area contributed by atoms with E-state index in [1.165, 1.54) is 36.4 Å². The van der Waals surface area contributed by atoms with Gasteiger partial charge in [-0.05, 0) is 75.4 Å². The van der Waals surface area contributed by atoms with Crippen molar-refractivity contribution in [1.82, 2.24) is 8.96 Å². The maximum absolute atomic E-state index is 13.9. The van der Waals surface area contributed by atoms with Gasteiger partial charge in [-0.25, -0.2) is 26.6 Å². The molecule has 0 aliphatic rings. The van der Waals surface area contributed by atoms with Gasteiger partial charge in [-0.2, -0.15) is 13.2 Å². The fraction of sp³-hybridized carbons (Fsp3) is 0.172. The quantitative estimate of drug-likeness (QED) is 0.141. The standard InChI is InChI=1S/C29H27F4N5O4S/c1-4-17(2)5-6-18(3)43(40,41)38-26-14-12-22(16-25(26)36-27(38)34)42-21-10-8-20(9-11-21)35-28(39)37-24-15-19(29(31,32)33)7-13-23(24)30/h4-16,18H,1-3H3,(H2,34,36)(H2,35,37,39)/b6-5-,17-4-. The van der Waals surface area contributed by atoms with Crippen LogP contribution in [0.2, 0.25) is 0 Å². The second kappa shape index (κ2) is 12.2. The van der Waals surface area contributed by atoms with Gasteiger partial charge in [0, 0.05) is 11.8 Å². The van der Waals surface area contributed by atoms with Crippen molar-refractivity contribution in [3.8, 4) is 11.5 Å². The zero-order valence-electron chi connectivity index (χ0n) is 23.1. The number of halogens is 4. The van der Waals surface area contributed by atoms with Crippen molar-refractivity contribution in [2.75, 3.05) is 16.4 Å². The Morgan fingerprint density at radius 1 is 1.05 bits per heavy atom. The number of ether oxygens (including phenoxy) is 1. The number of carbonyl (C=O) groups is 1. The molecule has 1 heterocycles. The monoisotopic (exact) mass is 617 g/mol. The highest BCUT2D eigenvalue weighted by molar-refractivity contribution is 7.91. The number of anilines is 3. The highest BCUT2D eigenvalue weighted by atomic mass is 32.2. The lowest BCUT2D eigenvalue weighted by Crippen LogP contribution is -2.24. The van der Waals surface area contributed by atoms with Crippen LogP contribution in [0.1, 0.15) is 26.3 Å². The fourth-order valence-electron chi connectivity index (χ4n) is 3.86. The Morgan fingerprint density at radius 3 is 2.37 bits per heavy atom. The van der Waals surface area contributed by atoms with Crippen LogP contribution in [0.4, 0.5) is 39.7 Å². The first-order chi connectivity index (χ1) is 20.2. The summed E-state index contributed by atoms with van der Waals surface area (Å²) in [6.45, 7) is 5.25.